The highest BCUT2D eigenvalue weighted by molar-refractivity contribution is 5.25. The van der Waals surface area contributed by atoms with Crippen molar-refractivity contribution in [3.05, 3.63) is 35.9 Å². The predicted octanol–water partition coefficient (Wildman–Crippen LogP) is 2.95. The van der Waals surface area contributed by atoms with Crippen LogP contribution >= 0.6 is 0 Å². The summed E-state index contributed by atoms with van der Waals surface area (Å²) in [7, 11) is 0. The second kappa shape index (κ2) is 5.59. The van der Waals surface area contributed by atoms with Crippen molar-refractivity contribution in [3.63, 3.8) is 0 Å². The molecule has 0 saturated carbocycles. The number of benzene rings is 1. The van der Waals surface area contributed by atoms with Crippen LogP contribution in [0, 0.1) is 0 Å². The van der Waals surface area contributed by atoms with E-state index in [1.807, 2.05) is 6.07 Å². The fraction of sp³-hybridized carbons (Fsp3) is 0.625. The number of hydrogen-bond acceptors (Lipinski definition) is 2. The Morgan fingerprint density at radius 1 is 1.21 bits per heavy atom. The highest BCUT2D eigenvalue weighted by Crippen LogP contribution is 2.30. The molecule has 1 fully saturated rings. The van der Waals surface area contributed by atoms with Crippen LogP contribution in [0.3, 0.4) is 0 Å². The van der Waals surface area contributed by atoms with Gasteiger partial charge in [0, 0.05) is 25.2 Å². The standard InChI is InChI=1S/C16H25FN2/c1-15(2)12-18-16(3,13-19(15)11-7-10-17)14-8-5-4-6-9-14/h4-6,8-9,18H,7,10-13H2,1-3H3. The molecule has 1 aliphatic heterocycles. The maximum Gasteiger partial charge on any atom is 0.0906 e. The zero-order valence-corrected chi connectivity index (χ0v) is 12.2. The number of hydrogen-bond donors (Lipinski definition) is 1. The Bertz CT molecular complexity index is 404. The zero-order valence-electron chi connectivity index (χ0n) is 12.2. The molecule has 0 radical (unpaired) electrons. The summed E-state index contributed by atoms with van der Waals surface area (Å²) in [5.74, 6) is 0. The zero-order chi connectivity index (χ0) is 13.9. The third-order valence-corrected chi connectivity index (χ3v) is 4.25. The first-order valence-electron chi connectivity index (χ1n) is 7.09. The third-order valence-electron chi connectivity index (χ3n) is 4.25. The molecule has 0 spiro atoms. The van der Waals surface area contributed by atoms with E-state index >= 15 is 0 Å². The van der Waals surface area contributed by atoms with E-state index in [0.29, 0.717) is 6.42 Å². The van der Waals surface area contributed by atoms with Crippen molar-refractivity contribution in [3.8, 4) is 0 Å². The van der Waals surface area contributed by atoms with Crippen molar-refractivity contribution in [1.82, 2.24) is 10.2 Å². The van der Waals surface area contributed by atoms with Crippen LogP contribution in [-0.2, 0) is 5.54 Å². The molecule has 1 N–H and O–H groups in total. The van der Waals surface area contributed by atoms with E-state index in [1.165, 1.54) is 5.56 Å². The molecule has 2 rings (SSSR count). The summed E-state index contributed by atoms with van der Waals surface area (Å²) in [6.07, 6.45) is 0.619. The van der Waals surface area contributed by atoms with Crippen LogP contribution in [0.15, 0.2) is 30.3 Å². The van der Waals surface area contributed by atoms with Crippen LogP contribution in [-0.4, -0.2) is 36.7 Å². The number of nitrogens with one attached hydrogen (secondary N) is 1. The fourth-order valence-electron chi connectivity index (χ4n) is 2.81. The Hall–Kier alpha value is -0.930. The minimum Gasteiger partial charge on any atom is -0.305 e. The van der Waals surface area contributed by atoms with Crippen LogP contribution < -0.4 is 5.32 Å². The van der Waals surface area contributed by atoms with Crippen LogP contribution in [0.25, 0.3) is 0 Å². The van der Waals surface area contributed by atoms with Crippen LogP contribution in [0.2, 0.25) is 0 Å². The summed E-state index contributed by atoms with van der Waals surface area (Å²) in [6.45, 7) is 9.12. The Morgan fingerprint density at radius 3 is 2.53 bits per heavy atom. The maximum absolute atomic E-state index is 12.5. The lowest BCUT2D eigenvalue weighted by molar-refractivity contribution is 0.0292. The van der Waals surface area contributed by atoms with Gasteiger partial charge in [0.05, 0.1) is 12.2 Å². The molecule has 0 aromatic heterocycles. The first-order valence-corrected chi connectivity index (χ1v) is 7.09. The first kappa shape index (κ1) is 14.5. The lowest BCUT2D eigenvalue weighted by Crippen LogP contribution is -2.65. The normalized spacial score (nSPS) is 27.4. The molecule has 106 valence electrons. The summed E-state index contributed by atoms with van der Waals surface area (Å²) in [6, 6.07) is 10.5. The Kier molecular flexibility index (Phi) is 4.26. The van der Waals surface area contributed by atoms with Gasteiger partial charge >= 0.3 is 0 Å². The van der Waals surface area contributed by atoms with E-state index in [4.69, 9.17) is 0 Å². The molecule has 0 aliphatic carbocycles. The largest absolute Gasteiger partial charge is 0.305 e. The van der Waals surface area contributed by atoms with Gasteiger partial charge in [-0.1, -0.05) is 30.3 Å². The Labute approximate surface area is 116 Å². The molecular weight excluding hydrogens is 239 g/mol. The maximum atomic E-state index is 12.5. The van der Waals surface area contributed by atoms with Crippen molar-refractivity contribution in [1.29, 1.82) is 0 Å². The molecule has 1 aliphatic rings. The van der Waals surface area contributed by atoms with Crippen LogP contribution in [0.1, 0.15) is 32.8 Å². The highest BCUT2D eigenvalue weighted by Gasteiger charge is 2.40. The molecule has 0 amide bonds. The van der Waals surface area contributed by atoms with Crippen molar-refractivity contribution in [2.75, 3.05) is 26.3 Å². The molecule has 1 atom stereocenters. The number of alkyl halides is 1. The average molecular weight is 264 g/mol. The summed E-state index contributed by atoms with van der Waals surface area (Å²) >= 11 is 0. The topological polar surface area (TPSA) is 15.3 Å². The molecule has 1 heterocycles. The first-order chi connectivity index (χ1) is 8.98. The average Bonchev–Trinajstić information content (AvgIpc) is 2.41. The number of nitrogens with zero attached hydrogens (tertiary/aromatic N) is 1. The minimum absolute atomic E-state index is 0.0485. The quantitative estimate of drug-likeness (QED) is 0.899. The van der Waals surface area contributed by atoms with Crippen molar-refractivity contribution in [2.45, 2.75) is 38.3 Å². The molecule has 0 bridgehead atoms. The van der Waals surface area contributed by atoms with Gasteiger partial charge in [-0.05, 0) is 32.8 Å². The Balaban J connectivity index is 2.17. The molecule has 1 saturated heterocycles. The summed E-state index contributed by atoms with van der Waals surface area (Å²) in [5.41, 5.74) is 1.34. The van der Waals surface area contributed by atoms with Gasteiger partial charge in [0.1, 0.15) is 0 Å². The number of halogens is 1. The molecule has 1 unspecified atom stereocenters. The van der Waals surface area contributed by atoms with Crippen molar-refractivity contribution >= 4 is 0 Å². The summed E-state index contributed by atoms with van der Waals surface area (Å²) in [5, 5.41) is 3.67. The van der Waals surface area contributed by atoms with E-state index in [2.05, 4.69) is 55.3 Å². The molecule has 2 nitrogen and oxygen atoms in total. The molecule has 1 aromatic rings. The Morgan fingerprint density at radius 2 is 1.89 bits per heavy atom. The highest BCUT2D eigenvalue weighted by atomic mass is 19.1. The van der Waals surface area contributed by atoms with Gasteiger partial charge in [0.25, 0.3) is 0 Å². The van der Waals surface area contributed by atoms with Gasteiger partial charge in [0.2, 0.25) is 0 Å². The van der Waals surface area contributed by atoms with Crippen LogP contribution in [0.4, 0.5) is 4.39 Å². The molecular formula is C16H25FN2. The lowest BCUT2D eigenvalue weighted by atomic mass is 9.85. The van der Waals surface area contributed by atoms with Crippen LogP contribution in [0.5, 0.6) is 0 Å². The molecule has 1 aromatic carbocycles. The van der Waals surface area contributed by atoms with Gasteiger partial charge in [-0.3, -0.25) is 9.29 Å². The molecule has 3 heteroatoms. The van der Waals surface area contributed by atoms with E-state index < -0.39 is 0 Å². The smallest absolute Gasteiger partial charge is 0.0906 e. The van der Waals surface area contributed by atoms with Gasteiger partial charge in [0.15, 0.2) is 0 Å². The molecule has 19 heavy (non-hydrogen) atoms. The number of piperazine rings is 1. The number of rotatable bonds is 4. The van der Waals surface area contributed by atoms with Gasteiger partial charge in [-0.25, -0.2) is 0 Å². The summed E-state index contributed by atoms with van der Waals surface area (Å²) in [4.78, 5) is 2.41. The van der Waals surface area contributed by atoms with E-state index in [9.17, 15) is 4.39 Å². The second-order valence-electron chi connectivity index (χ2n) is 6.33. The van der Waals surface area contributed by atoms with Gasteiger partial charge in [-0.15, -0.1) is 0 Å². The second-order valence-corrected chi connectivity index (χ2v) is 6.33. The fourth-order valence-corrected chi connectivity index (χ4v) is 2.81. The monoisotopic (exact) mass is 264 g/mol. The third kappa shape index (κ3) is 3.15. The SMILES string of the molecule is CC1(c2ccccc2)CN(CCCF)C(C)(C)CN1. The van der Waals surface area contributed by atoms with Gasteiger partial charge in [-0.2, -0.15) is 0 Å². The van der Waals surface area contributed by atoms with Crippen molar-refractivity contribution in [2.24, 2.45) is 0 Å². The van der Waals surface area contributed by atoms with Crippen molar-refractivity contribution < 1.29 is 4.39 Å². The van der Waals surface area contributed by atoms with E-state index in [-0.39, 0.29) is 17.8 Å². The minimum atomic E-state index is -0.234. The lowest BCUT2D eigenvalue weighted by Gasteiger charge is -2.51. The summed E-state index contributed by atoms with van der Waals surface area (Å²) < 4.78 is 12.5. The van der Waals surface area contributed by atoms with E-state index in [0.717, 1.165) is 19.6 Å². The van der Waals surface area contributed by atoms with E-state index in [1.54, 1.807) is 0 Å². The van der Waals surface area contributed by atoms with Gasteiger partial charge < -0.3 is 5.32 Å². The predicted molar refractivity (Wildman–Crippen MR) is 78.0 cm³/mol.